The van der Waals surface area contributed by atoms with E-state index in [2.05, 4.69) is 41.4 Å². The highest BCUT2D eigenvalue weighted by molar-refractivity contribution is 5.79. The van der Waals surface area contributed by atoms with Crippen molar-refractivity contribution in [2.75, 3.05) is 26.9 Å². The lowest BCUT2D eigenvalue weighted by Gasteiger charge is -2.13. The number of aromatic nitrogens is 1. The molecule has 0 saturated heterocycles. The first-order valence-electron chi connectivity index (χ1n) is 9.60. The fraction of sp³-hybridized carbons (Fsp3) is 0.524. The summed E-state index contributed by atoms with van der Waals surface area (Å²) in [6.45, 7) is 11.2. The van der Waals surface area contributed by atoms with Gasteiger partial charge in [-0.1, -0.05) is 32.9 Å². The third-order valence-corrected chi connectivity index (χ3v) is 3.92. The molecular formula is C21H32N4O3. The van der Waals surface area contributed by atoms with Gasteiger partial charge in [-0.25, -0.2) is 9.98 Å². The Balaban J connectivity index is 1.94. The zero-order valence-electron chi connectivity index (χ0n) is 17.5. The van der Waals surface area contributed by atoms with Crippen LogP contribution in [-0.4, -0.2) is 37.8 Å². The quantitative estimate of drug-likeness (QED) is 0.390. The molecule has 0 spiro atoms. The second kappa shape index (κ2) is 10.7. The highest BCUT2D eigenvalue weighted by atomic mass is 16.5. The van der Waals surface area contributed by atoms with Crippen molar-refractivity contribution in [1.82, 2.24) is 15.6 Å². The molecule has 7 heteroatoms. The molecule has 0 saturated carbocycles. The molecule has 2 aromatic rings. The van der Waals surface area contributed by atoms with E-state index < -0.39 is 0 Å². The van der Waals surface area contributed by atoms with E-state index in [1.807, 2.05) is 31.2 Å². The zero-order valence-corrected chi connectivity index (χ0v) is 17.5. The van der Waals surface area contributed by atoms with Crippen LogP contribution in [0, 0.1) is 0 Å². The van der Waals surface area contributed by atoms with Crippen LogP contribution in [0.5, 0.6) is 5.75 Å². The lowest BCUT2D eigenvalue weighted by molar-refractivity contribution is 0.146. The maximum absolute atomic E-state index is 5.82. The van der Waals surface area contributed by atoms with E-state index in [9.17, 15) is 0 Å². The number of ether oxygens (including phenoxy) is 2. The third-order valence-electron chi connectivity index (χ3n) is 3.92. The predicted octanol–water partition coefficient (Wildman–Crippen LogP) is 3.25. The summed E-state index contributed by atoms with van der Waals surface area (Å²) in [6, 6.07) is 7.92. The number of hydrogen-bond donors (Lipinski definition) is 2. The molecule has 1 heterocycles. The van der Waals surface area contributed by atoms with Gasteiger partial charge in [0.15, 0.2) is 5.96 Å². The molecule has 0 atom stereocenters. The topological polar surface area (TPSA) is 80.9 Å². The molecule has 0 aliphatic heterocycles. The summed E-state index contributed by atoms with van der Waals surface area (Å²) in [5, 5.41) is 6.50. The van der Waals surface area contributed by atoms with E-state index in [1.165, 1.54) is 0 Å². The van der Waals surface area contributed by atoms with Gasteiger partial charge >= 0.3 is 0 Å². The Morgan fingerprint density at radius 3 is 2.71 bits per heavy atom. The molecule has 0 radical (unpaired) electrons. The van der Waals surface area contributed by atoms with Crippen LogP contribution in [0.1, 0.15) is 44.9 Å². The van der Waals surface area contributed by atoms with Gasteiger partial charge in [0.2, 0.25) is 5.89 Å². The van der Waals surface area contributed by atoms with Gasteiger partial charge in [-0.15, -0.1) is 0 Å². The summed E-state index contributed by atoms with van der Waals surface area (Å²) in [5.74, 6) is 3.04. The summed E-state index contributed by atoms with van der Waals surface area (Å²) in [4.78, 5) is 8.98. The smallest absolute Gasteiger partial charge is 0.213 e. The lowest BCUT2D eigenvalue weighted by Crippen LogP contribution is -2.36. The SMILES string of the molecule is CCNC(=NCc1cccc(OCCOC)c1)NCc1ncc(C(C)(C)C)o1. The van der Waals surface area contributed by atoms with Gasteiger partial charge in [-0.05, 0) is 24.6 Å². The summed E-state index contributed by atoms with van der Waals surface area (Å²) < 4.78 is 16.5. The average molecular weight is 389 g/mol. The maximum atomic E-state index is 5.82. The molecule has 0 aliphatic carbocycles. The number of methoxy groups -OCH3 is 1. The number of rotatable bonds is 9. The maximum Gasteiger partial charge on any atom is 0.213 e. The monoisotopic (exact) mass is 388 g/mol. The van der Waals surface area contributed by atoms with E-state index in [0.717, 1.165) is 23.6 Å². The van der Waals surface area contributed by atoms with E-state index in [1.54, 1.807) is 13.3 Å². The Hall–Kier alpha value is -2.54. The molecule has 2 N–H and O–H groups in total. The Labute approximate surface area is 167 Å². The van der Waals surface area contributed by atoms with E-state index in [-0.39, 0.29) is 5.41 Å². The number of benzene rings is 1. The van der Waals surface area contributed by atoms with Gasteiger partial charge in [0, 0.05) is 19.1 Å². The van der Waals surface area contributed by atoms with Crippen molar-refractivity contribution >= 4 is 5.96 Å². The van der Waals surface area contributed by atoms with Crippen LogP contribution in [0.15, 0.2) is 39.9 Å². The minimum absolute atomic E-state index is 0.0554. The molecule has 28 heavy (non-hydrogen) atoms. The highest BCUT2D eigenvalue weighted by Crippen LogP contribution is 2.22. The lowest BCUT2D eigenvalue weighted by atomic mass is 9.94. The Morgan fingerprint density at radius 1 is 1.21 bits per heavy atom. The normalized spacial score (nSPS) is 12.1. The first-order valence-corrected chi connectivity index (χ1v) is 9.60. The molecule has 154 valence electrons. The van der Waals surface area contributed by atoms with Crippen LogP contribution in [-0.2, 0) is 23.2 Å². The Bertz CT molecular complexity index is 750. The minimum Gasteiger partial charge on any atom is -0.491 e. The molecule has 2 rings (SSSR count). The van der Waals surface area contributed by atoms with Crippen LogP contribution < -0.4 is 15.4 Å². The van der Waals surface area contributed by atoms with Crippen molar-refractivity contribution in [2.24, 2.45) is 4.99 Å². The molecule has 0 fully saturated rings. The summed E-state index contributed by atoms with van der Waals surface area (Å²) in [7, 11) is 1.66. The van der Waals surface area contributed by atoms with E-state index >= 15 is 0 Å². The van der Waals surface area contributed by atoms with Gasteiger partial charge in [0.05, 0.1) is 25.9 Å². The summed E-state index contributed by atoms with van der Waals surface area (Å²) in [5.41, 5.74) is 1.01. The minimum atomic E-state index is -0.0554. The highest BCUT2D eigenvalue weighted by Gasteiger charge is 2.19. The third kappa shape index (κ3) is 7.23. The number of oxazole rings is 1. The molecule has 0 unspecified atom stereocenters. The van der Waals surface area contributed by atoms with Gasteiger partial charge in [-0.2, -0.15) is 0 Å². The van der Waals surface area contributed by atoms with E-state index in [4.69, 9.17) is 13.9 Å². The number of nitrogens with zero attached hydrogens (tertiary/aromatic N) is 2. The largest absolute Gasteiger partial charge is 0.491 e. The van der Waals surface area contributed by atoms with Crippen LogP contribution >= 0.6 is 0 Å². The van der Waals surface area contributed by atoms with Crippen LogP contribution in [0.4, 0.5) is 0 Å². The van der Waals surface area contributed by atoms with Crippen molar-refractivity contribution < 1.29 is 13.9 Å². The second-order valence-corrected chi connectivity index (χ2v) is 7.41. The second-order valence-electron chi connectivity index (χ2n) is 7.41. The van der Waals surface area contributed by atoms with Crippen molar-refractivity contribution in [3.63, 3.8) is 0 Å². The fourth-order valence-electron chi connectivity index (χ4n) is 2.39. The molecule has 0 aliphatic rings. The molecule has 0 amide bonds. The van der Waals surface area contributed by atoms with Crippen LogP contribution in [0.2, 0.25) is 0 Å². The number of nitrogens with one attached hydrogen (secondary N) is 2. The zero-order chi connectivity index (χ0) is 20.4. The van der Waals surface area contributed by atoms with Crippen LogP contribution in [0.25, 0.3) is 0 Å². The van der Waals surface area contributed by atoms with Crippen molar-refractivity contribution in [3.8, 4) is 5.75 Å². The van der Waals surface area contributed by atoms with Crippen molar-refractivity contribution in [3.05, 3.63) is 47.7 Å². The van der Waals surface area contributed by atoms with Crippen molar-refractivity contribution in [1.29, 1.82) is 0 Å². The van der Waals surface area contributed by atoms with Crippen molar-refractivity contribution in [2.45, 2.75) is 46.2 Å². The van der Waals surface area contributed by atoms with Gasteiger partial charge < -0.3 is 24.5 Å². The first kappa shape index (κ1) is 21.8. The Kier molecular flexibility index (Phi) is 8.32. The number of guanidine groups is 1. The predicted molar refractivity (Wildman–Crippen MR) is 111 cm³/mol. The Morgan fingerprint density at radius 2 is 2.04 bits per heavy atom. The van der Waals surface area contributed by atoms with E-state index in [0.29, 0.717) is 38.2 Å². The molecule has 1 aromatic carbocycles. The average Bonchev–Trinajstić information content (AvgIpc) is 3.14. The molecular weight excluding hydrogens is 356 g/mol. The molecule has 0 bridgehead atoms. The summed E-state index contributed by atoms with van der Waals surface area (Å²) >= 11 is 0. The number of hydrogen-bond acceptors (Lipinski definition) is 5. The molecule has 1 aromatic heterocycles. The van der Waals surface area contributed by atoms with Gasteiger partial charge in [0.25, 0.3) is 0 Å². The number of aliphatic imine (C=N–C) groups is 1. The first-order chi connectivity index (χ1) is 13.4. The fourth-order valence-corrected chi connectivity index (χ4v) is 2.39. The van der Waals surface area contributed by atoms with Gasteiger partial charge in [0.1, 0.15) is 18.1 Å². The van der Waals surface area contributed by atoms with Gasteiger partial charge in [-0.3, -0.25) is 0 Å². The molecule has 7 nitrogen and oxygen atoms in total. The standard InChI is InChI=1S/C21H32N4O3/c1-6-22-20(25-15-19-23-14-18(28-19)21(2,3)4)24-13-16-8-7-9-17(12-16)27-11-10-26-5/h7-9,12,14H,6,10-11,13,15H2,1-5H3,(H2,22,24,25). The van der Waals surface area contributed by atoms with Crippen LogP contribution in [0.3, 0.4) is 0 Å². The summed E-state index contributed by atoms with van der Waals surface area (Å²) in [6.07, 6.45) is 1.79.